The van der Waals surface area contributed by atoms with Gasteiger partial charge in [-0.25, -0.2) is 0 Å². The minimum atomic E-state index is -0.600. The molecule has 0 heterocycles. The fourth-order valence-corrected chi connectivity index (χ4v) is 1.15. The maximum absolute atomic E-state index is 10.4. The molecule has 0 aliphatic heterocycles. The van der Waals surface area contributed by atoms with E-state index in [4.69, 9.17) is 0 Å². The van der Waals surface area contributed by atoms with Crippen molar-refractivity contribution in [2.45, 2.75) is 6.42 Å². The Balaban J connectivity index is 2.83. The van der Waals surface area contributed by atoms with Gasteiger partial charge in [-0.3, -0.25) is 10.1 Å². The molecule has 0 spiro atoms. The Hall–Kier alpha value is -1.62. The van der Waals surface area contributed by atoms with Gasteiger partial charge >= 0.3 is 5.69 Å². The Bertz CT molecular complexity index is 339. The minimum Gasteiger partial charge on any atom is -0.502 e. The van der Waals surface area contributed by atoms with Crippen molar-refractivity contribution in [3.63, 3.8) is 0 Å². The summed E-state index contributed by atoms with van der Waals surface area (Å²) in [5, 5.41) is 22.6. The number of benzene rings is 1. The van der Waals surface area contributed by atoms with E-state index in [0.29, 0.717) is 0 Å². The molecule has 14 heavy (non-hydrogen) atoms. The molecule has 2 N–H and O–H groups in total. The van der Waals surface area contributed by atoms with Crippen molar-refractivity contribution >= 4 is 5.69 Å². The standard InChI is InChI=1S/C9H12N2O3/c1-10-5-4-7-2-3-8(11(13)14)9(12)6-7/h2-3,6,10,12H,4-5H2,1H3. The van der Waals surface area contributed by atoms with Gasteiger partial charge in [0.25, 0.3) is 0 Å². The highest BCUT2D eigenvalue weighted by Gasteiger charge is 2.12. The number of phenols is 1. The van der Waals surface area contributed by atoms with Crippen LogP contribution in [0, 0.1) is 10.1 Å². The van der Waals surface area contributed by atoms with Crippen LogP contribution in [-0.2, 0) is 6.42 Å². The number of likely N-dealkylation sites (N-methyl/N-ethyl adjacent to an activating group) is 1. The van der Waals surface area contributed by atoms with Gasteiger partial charge in [-0.1, -0.05) is 6.07 Å². The van der Waals surface area contributed by atoms with Crippen LogP contribution in [-0.4, -0.2) is 23.6 Å². The van der Waals surface area contributed by atoms with Crippen molar-refractivity contribution in [2.24, 2.45) is 0 Å². The lowest BCUT2D eigenvalue weighted by Crippen LogP contribution is -2.10. The average Bonchev–Trinajstić information content (AvgIpc) is 2.14. The number of nitro groups is 1. The van der Waals surface area contributed by atoms with Crippen molar-refractivity contribution in [1.82, 2.24) is 5.32 Å². The summed E-state index contributed by atoms with van der Waals surface area (Å²) in [5.41, 5.74) is 0.626. The number of hydrogen-bond acceptors (Lipinski definition) is 4. The third-order valence-electron chi connectivity index (χ3n) is 1.90. The third kappa shape index (κ3) is 2.43. The molecule has 0 aliphatic carbocycles. The maximum Gasteiger partial charge on any atom is 0.310 e. The Morgan fingerprint density at radius 2 is 2.29 bits per heavy atom. The molecule has 0 saturated heterocycles. The Morgan fingerprint density at radius 3 is 2.79 bits per heavy atom. The molecule has 0 atom stereocenters. The molecule has 5 heteroatoms. The van der Waals surface area contributed by atoms with Gasteiger partial charge in [0.2, 0.25) is 0 Å². The van der Waals surface area contributed by atoms with E-state index in [1.807, 2.05) is 7.05 Å². The van der Waals surface area contributed by atoms with Crippen LogP contribution < -0.4 is 5.32 Å². The molecule has 0 aromatic heterocycles. The first-order valence-electron chi connectivity index (χ1n) is 4.26. The summed E-state index contributed by atoms with van der Waals surface area (Å²) in [6, 6.07) is 4.39. The lowest BCUT2D eigenvalue weighted by atomic mass is 10.1. The maximum atomic E-state index is 10.4. The van der Waals surface area contributed by atoms with E-state index in [0.717, 1.165) is 18.5 Å². The first kappa shape index (κ1) is 10.5. The monoisotopic (exact) mass is 196 g/mol. The first-order chi connectivity index (χ1) is 6.65. The van der Waals surface area contributed by atoms with E-state index >= 15 is 0 Å². The fourth-order valence-electron chi connectivity index (χ4n) is 1.15. The number of nitro benzene ring substituents is 1. The summed E-state index contributed by atoms with van der Waals surface area (Å²) in [6.45, 7) is 0.775. The quantitative estimate of drug-likeness (QED) is 0.557. The first-order valence-corrected chi connectivity index (χ1v) is 4.26. The molecular formula is C9H12N2O3. The van der Waals surface area contributed by atoms with Crippen molar-refractivity contribution in [3.05, 3.63) is 33.9 Å². The SMILES string of the molecule is CNCCc1ccc([N+](=O)[O-])c(O)c1. The number of nitrogens with one attached hydrogen (secondary N) is 1. The van der Waals surface area contributed by atoms with E-state index in [9.17, 15) is 15.2 Å². The van der Waals surface area contributed by atoms with Crippen molar-refractivity contribution in [1.29, 1.82) is 0 Å². The molecule has 0 amide bonds. The topological polar surface area (TPSA) is 75.4 Å². The van der Waals surface area contributed by atoms with Crippen LogP contribution in [0.15, 0.2) is 18.2 Å². The van der Waals surface area contributed by atoms with Crippen LogP contribution in [0.3, 0.4) is 0 Å². The second-order valence-electron chi connectivity index (χ2n) is 2.93. The van der Waals surface area contributed by atoms with Gasteiger partial charge in [0.15, 0.2) is 5.75 Å². The summed E-state index contributed by atoms with van der Waals surface area (Å²) in [5.74, 6) is -0.274. The number of nitrogens with zero attached hydrogens (tertiary/aromatic N) is 1. The second-order valence-corrected chi connectivity index (χ2v) is 2.93. The van der Waals surface area contributed by atoms with Gasteiger partial charge in [-0.2, -0.15) is 0 Å². The number of phenolic OH excluding ortho intramolecular Hbond substituents is 1. The van der Waals surface area contributed by atoms with Crippen LogP contribution in [0.5, 0.6) is 5.75 Å². The zero-order valence-corrected chi connectivity index (χ0v) is 7.86. The zero-order valence-electron chi connectivity index (χ0n) is 7.86. The highest BCUT2D eigenvalue weighted by molar-refractivity contribution is 5.47. The largest absolute Gasteiger partial charge is 0.502 e. The van der Waals surface area contributed by atoms with E-state index in [2.05, 4.69) is 5.32 Å². The number of rotatable bonds is 4. The molecule has 1 aromatic rings. The van der Waals surface area contributed by atoms with E-state index in [1.54, 1.807) is 6.07 Å². The van der Waals surface area contributed by atoms with Gasteiger partial charge in [-0.15, -0.1) is 0 Å². The van der Waals surface area contributed by atoms with Gasteiger partial charge in [0.05, 0.1) is 4.92 Å². The van der Waals surface area contributed by atoms with Crippen LogP contribution in [0.25, 0.3) is 0 Å². The van der Waals surface area contributed by atoms with Crippen molar-refractivity contribution in [2.75, 3.05) is 13.6 Å². The fraction of sp³-hybridized carbons (Fsp3) is 0.333. The molecule has 1 rings (SSSR count). The molecule has 0 bridgehead atoms. The lowest BCUT2D eigenvalue weighted by molar-refractivity contribution is -0.385. The molecular weight excluding hydrogens is 184 g/mol. The smallest absolute Gasteiger partial charge is 0.310 e. The molecule has 5 nitrogen and oxygen atoms in total. The third-order valence-corrected chi connectivity index (χ3v) is 1.90. The molecule has 0 unspecified atom stereocenters. The van der Waals surface area contributed by atoms with Gasteiger partial charge in [0.1, 0.15) is 0 Å². The summed E-state index contributed by atoms with van der Waals surface area (Å²) < 4.78 is 0. The molecule has 0 saturated carbocycles. The Kier molecular flexibility index (Phi) is 3.41. The summed E-state index contributed by atoms with van der Waals surface area (Å²) in [7, 11) is 1.82. The van der Waals surface area contributed by atoms with Gasteiger partial charge in [0, 0.05) is 6.07 Å². The van der Waals surface area contributed by atoms with E-state index < -0.39 is 4.92 Å². The summed E-state index contributed by atoms with van der Waals surface area (Å²) >= 11 is 0. The zero-order chi connectivity index (χ0) is 10.6. The van der Waals surface area contributed by atoms with Crippen LogP contribution >= 0.6 is 0 Å². The van der Waals surface area contributed by atoms with Gasteiger partial charge in [-0.05, 0) is 31.6 Å². The molecule has 1 aromatic carbocycles. The Morgan fingerprint density at radius 1 is 1.57 bits per heavy atom. The van der Waals surface area contributed by atoms with Crippen molar-refractivity contribution in [3.8, 4) is 5.75 Å². The van der Waals surface area contributed by atoms with E-state index in [1.165, 1.54) is 12.1 Å². The highest BCUT2D eigenvalue weighted by Crippen LogP contribution is 2.26. The predicted molar refractivity (Wildman–Crippen MR) is 52.4 cm³/mol. The predicted octanol–water partition coefficient (Wildman–Crippen LogP) is 1.06. The Labute approximate surface area is 81.5 Å². The van der Waals surface area contributed by atoms with Crippen LogP contribution in [0.4, 0.5) is 5.69 Å². The van der Waals surface area contributed by atoms with Crippen LogP contribution in [0.2, 0.25) is 0 Å². The summed E-state index contributed by atoms with van der Waals surface area (Å²) in [4.78, 5) is 9.78. The number of hydrogen-bond donors (Lipinski definition) is 2. The second kappa shape index (κ2) is 4.57. The van der Waals surface area contributed by atoms with E-state index in [-0.39, 0.29) is 11.4 Å². The van der Waals surface area contributed by atoms with Crippen LogP contribution in [0.1, 0.15) is 5.56 Å². The molecule has 0 radical (unpaired) electrons. The molecule has 76 valence electrons. The number of aromatic hydroxyl groups is 1. The lowest BCUT2D eigenvalue weighted by Gasteiger charge is -2.01. The average molecular weight is 196 g/mol. The summed E-state index contributed by atoms with van der Waals surface area (Å²) in [6.07, 6.45) is 0.738. The molecule has 0 fully saturated rings. The normalized spacial score (nSPS) is 10.1. The molecule has 0 aliphatic rings. The minimum absolute atomic E-state index is 0.252. The highest BCUT2D eigenvalue weighted by atomic mass is 16.6. The van der Waals surface area contributed by atoms with Crippen molar-refractivity contribution < 1.29 is 10.0 Å². The van der Waals surface area contributed by atoms with Gasteiger partial charge < -0.3 is 10.4 Å².